The molecule has 0 aliphatic heterocycles. The first-order valence-corrected chi connectivity index (χ1v) is 9.32. The van der Waals surface area contributed by atoms with Crippen LogP contribution in [0.25, 0.3) is 0 Å². The van der Waals surface area contributed by atoms with Gasteiger partial charge in [0.25, 0.3) is 10.1 Å². The van der Waals surface area contributed by atoms with E-state index in [9.17, 15) is 13.0 Å². The van der Waals surface area contributed by atoms with Crippen LogP contribution in [0.5, 0.6) is 0 Å². The largest absolute Gasteiger partial charge is 0.362 e. The molecule has 0 atom stereocenters. The van der Waals surface area contributed by atoms with E-state index in [4.69, 9.17) is 0 Å². The lowest BCUT2D eigenvalue weighted by Crippen LogP contribution is -2.21. The fourth-order valence-electron chi connectivity index (χ4n) is 2.59. The second-order valence-corrected chi connectivity index (χ2v) is 7.87. The van der Waals surface area contributed by atoms with Crippen molar-refractivity contribution in [2.45, 2.75) is 31.1 Å². The average Bonchev–Trinajstić information content (AvgIpc) is 2.54. The Kier molecular flexibility index (Phi) is 5.50. The van der Waals surface area contributed by atoms with Gasteiger partial charge in [-0.25, -0.2) is 0 Å². The van der Waals surface area contributed by atoms with Crippen molar-refractivity contribution >= 4 is 15.8 Å². The number of nitrogens with one attached hydrogen (secondary N) is 1. The van der Waals surface area contributed by atoms with Crippen LogP contribution in [0.15, 0.2) is 77.9 Å². The molecule has 0 bridgehead atoms. The maximum absolute atomic E-state index is 11.4. The van der Waals surface area contributed by atoms with Crippen molar-refractivity contribution in [3.8, 4) is 0 Å². The summed E-state index contributed by atoms with van der Waals surface area (Å²) in [5.41, 5.74) is 3.01. The summed E-state index contributed by atoms with van der Waals surface area (Å²) in [7, 11) is -4.24. The van der Waals surface area contributed by atoms with E-state index in [1.165, 1.54) is 12.1 Å². The van der Waals surface area contributed by atoms with E-state index in [1.54, 1.807) is 12.3 Å². The van der Waals surface area contributed by atoms with Gasteiger partial charge in [-0.3, -0.25) is 4.55 Å². The van der Waals surface area contributed by atoms with Crippen molar-refractivity contribution in [2.75, 3.05) is 5.32 Å². The molecule has 5 heteroatoms. The summed E-state index contributed by atoms with van der Waals surface area (Å²) < 4.78 is 32.2. The molecule has 2 N–H and O–H groups in total. The van der Waals surface area contributed by atoms with E-state index in [-0.39, 0.29) is 4.90 Å². The molecule has 0 aromatic heterocycles. The van der Waals surface area contributed by atoms with Crippen LogP contribution in [0.2, 0.25) is 0 Å². The van der Waals surface area contributed by atoms with Gasteiger partial charge in [-0.05, 0) is 54.0 Å². The van der Waals surface area contributed by atoms with Gasteiger partial charge in [0.05, 0.1) is 4.90 Å². The molecule has 0 fully saturated rings. The summed E-state index contributed by atoms with van der Waals surface area (Å²) in [5, 5.41) is 3.17. The Balaban J connectivity index is 2.26. The number of anilines is 1. The molecule has 132 valence electrons. The van der Waals surface area contributed by atoms with Gasteiger partial charge in [0, 0.05) is 17.3 Å². The molecule has 0 radical (unpaired) electrons. The van der Waals surface area contributed by atoms with E-state index in [2.05, 4.69) is 11.9 Å². The van der Waals surface area contributed by atoms with E-state index >= 15 is 0 Å². The molecular formula is C20H23NO3S. The number of hydrogen-bond acceptors (Lipinski definition) is 3. The number of para-hydroxylation sites is 1. The second kappa shape index (κ2) is 7.25. The van der Waals surface area contributed by atoms with Crippen LogP contribution in [0, 0.1) is 6.92 Å². The number of allylic oxidation sites excluding steroid dienone is 2. The van der Waals surface area contributed by atoms with Crippen LogP contribution in [-0.4, -0.2) is 13.0 Å². The molecule has 2 aromatic rings. The molecule has 0 amide bonds. The highest BCUT2D eigenvalue weighted by Crippen LogP contribution is 2.34. The van der Waals surface area contributed by atoms with Crippen LogP contribution in [0.4, 0.5) is 5.69 Å². The van der Waals surface area contributed by atoms with Gasteiger partial charge in [0.15, 0.2) is 0 Å². The van der Waals surface area contributed by atoms with E-state index in [1.807, 2.05) is 57.2 Å². The molecule has 0 unspecified atom stereocenters. The van der Waals surface area contributed by atoms with Gasteiger partial charge < -0.3 is 5.32 Å². The number of hydrogen-bond donors (Lipinski definition) is 2. The van der Waals surface area contributed by atoms with Gasteiger partial charge in [-0.1, -0.05) is 44.7 Å². The fraction of sp³-hybridized carbons (Fsp3) is 0.200. The molecule has 2 aromatic carbocycles. The van der Waals surface area contributed by atoms with E-state index in [0.29, 0.717) is 0 Å². The Morgan fingerprint density at radius 2 is 1.80 bits per heavy atom. The van der Waals surface area contributed by atoms with Crippen LogP contribution in [-0.2, 0) is 15.5 Å². The summed E-state index contributed by atoms with van der Waals surface area (Å²) in [6, 6.07) is 14.4. The Morgan fingerprint density at radius 1 is 1.16 bits per heavy atom. The number of aryl methyl sites for hydroxylation is 1. The molecule has 0 saturated carbocycles. The number of rotatable bonds is 6. The molecule has 25 heavy (non-hydrogen) atoms. The molecule has 4 nitrogen and oxygen atoms in total. The topological polar surface area (TPSA) is 66.4 Å². The third-order valence-electron chi connectivity index (χ3n) is 4.29. The summed E-state index contributed by atoms with van der Waals surface area (Å²) >= 11 is 0. The Labute approximate surface area is 149 Å². The molecule has 0 saturated heterocycles. The zero-order valence-corrected chi connectivity index (χ0v) is 15.5. The minimum absolute atomic E-state index is 0.111. The second-order valence-electron chi connectivity index (χ2n) is 6.45. The summed E-state index contributed by atoms with van der Waals surface area (Å²) in [6.45, 7) is 9.98. The minimum Gasteiger partial charge on any atom is -0.362 e. The van der Waals surface area contributed by atoms with Crippen molar-refractivity contribution in [3.63, 3.8) is 0 Å². The Morgan fingerprint density at radius 3 is 2.40 bits per heavy atom. The lowest BCUT2D eigenvalue weighted by molar-refractivity contribution is 0.482. The molecule has 0 heterocycles. The summed E-state index contributed by atoms with van der Waals surface area (Å²) in [4.78, 5) is -0.111. The molecule has 0 spiro atoms. The van der Waals surface area contributed by atoms with Crippen LogP contribution < -0.4 is 5.32 Å². The van der Waals surface area contributed by atoms with Crippen molar-refractivity contribution in [2.24, 2.45) is 0 Å². The highest BCUT2D eigenvalue weighted by atomic mass is 32.2. The van der Waals surface area contributed by atoms with Crippen LogP contribution in [0.1, 0.15) is 25.0 Å². The normalized spacial score (nSPS) is 12.3. The highest BCUT2D eigenvalue weighted by molar-refractivity contribution is 7.85. The van der Waals surface area contributed by atoms with Gasteiger partial charge in [-0.15, -0.1) is 0 Å². The minimum atomic E-state index is -4.24. The predicted octanol–water partition coefficient (Wildman–Crippen LogP) is 4.70. The summed E-state index contributed by atoms with van der Waals surface area (Å²) in [5.74, 6) is 0. The standard InChI is InChI=1S/C20H23NO3S/c1-15-10-11-18(25(22,23)24)14-19(15)20(3,4)16(2)12-13-21-17-8-6-5-7-9-17/h5-14,21H,2H2,1,3-4H3,(H,22,23,24)/b13-12+. The Hall–Kier alpha value is -2.37. The molecule has 2 rings (SSSR count). The average molecular weight is 357 g/mol. The zero-order chi connectivity index (χ0) is 18.7. The van der Waals surface area contributed by atoms with Gasteiger partial charge >= 0.3 is 0 Å². The quantitative estimate of drug-likeness (QED) is 0.581. The number of benzene rings is 2. The fourth-order valence-corrected chi connectivity index (χ4v) is 3.10. The highest BCUT2D eigenvalue weighted by Gasteiger charge is 2.26. The first-order chi connectivity index (χ1) is 11.6. The van der Waals surface area contributed by atoms with Crippen molar-refractivity contribution in [3.05, 3.63) is 84.1 Å². The summed E-state index contributed by atoms with van der Waals surface area (Å²) in [6.07, 6.45) is 3.67. The first-order valence-electron chi connectivity index (χ1n) is 7.88. The Bertz CT molecular complexity index is 898. The van der Waals surface area contributed by atoms with E-state index < -0.39 is 15.5 Å². The predicted molar refractivity (Wildman–Crippen MR) is 102 cm³/mol. The first kappa shape index (κ1) is 19.0. The van der Waals surface area contributed by atoms with Gasteiger partial charge in [0.1, 0.15) is 0 Å². The molecule has 0 aliphatic rings. The third kappa shape index (κ3) is 4.59. The lowest BCUT2D eigenvalue weighted by Gasteiger charge is -2.28. The lowest BCUT2D eigenvalue weighted by atomic mass is 9.76. The van der Waals surface area contributed by atoms with E-state index in [0.717, 1.165) is 22.4 Å². The third-order valence-corrected chi connectivity index (χ3v) is 5.14. The van der Waals surface area contributed by atoms with Crippen molar-refractivity contribution in [1.82, 2.24) is 0 Å². The smallest absolute Gasteiger partial charge is 0.294 e. The van der Waals surface area contributed by atoms with Gasteiger partial charge in [-0.2, -0.15) is 8.42 Å². The van der Waals surface area contributed by atoms with Gasteiger partial charge in [0.2, 0.25) is 0 Å². The maximum atomic E-state index is 11.4. The van der Waals surface area contributed by atoms with Crippen molar-refractivity contribution < 1.29 is 13.0 Å². The van der Waals surface area contributed by atoms with Crippen molar-refractivity contribution in [1.29, 1.82) is 0 Å². The molecule has 0 aliphatic carbocycles. The zero-order valence-electron chi connectivity index (χ0n) is 14.7. The van der Waals surface area contributed by atoms with Crippen LogP contribution in [0.3, 0.4) is 0 Å². The monoisotopic (exact) mass is 357 g/mol. The molecular weight excluding hydrogens is 334 g/mol. The van der Waals surface area contributed by atoms with Crippen LogP contribution >= 0.6 is 0 Å². The SMILES string of the molecule is C=C(/C=C/Nc1ccccc1)C(C)(C)c1cc(S(=O)(=O)O)ccc1C. The maximum Gasteiger partial charge on any atom is 0.294 e.